The second-order valence-electron chi connectivity index (χ2n) is 5.74. The highest BCUT2D eigenvalue weighted by atomic mass is 32.1. The summed E-state index contributed by atoms with van der Waals surface area (Å²) in [5.41, 5.74) is -2.60. The second-order valence-corrected chi connectivity index (χ2v) is 6.71. The molecule has 0 saturated carbocycles. The second kappa shape index (κ2) is 7.94. The number of carbonyl (C=O) groups excluding carboxylic acids is 1. The Morgan fingerprint density at radius 2 is 1.63 bits per heavy atom. The van der Waals surface area contributed by atoms with Gasteiger partial charge in [0.2, 0.25) is 0 Å². The molecule has 0 saturated heterocycles. The van der Waals surface area contributed by atoms with Crippen LogP contribution in [-0.4, -0.2) is 10.9 Å². The fourth-order valence-corrected chi connectivity index (χ4v) is 3.10. The number of hydrogen-bond donors (Lipinski definition) is 1. The van der Waals surface area contributed by atoms with Crippen LogP contribution in [0.3, 0.4) is 0 Å². The lowest BCUT2D eigenvalue weighted by atomic mass is 10.2. The molecule has 3 rings (SSSR count). The van der Waals surface area contributed by atoms with E-state index in [-0.39, 0.29) is 17.0 Å². The van der Waals surface area contributed by atoms with Crippen LogP contribution < -0.4 is 10.1 Å². The van der Waals surface area contributed by atoms with E-state index < -0.39 is 51.2 Å². The van der Waals surface area contributed by atoms with Gasteiger partial charge in [0, 0.05) is 5.69 Å². The molecule has 4 nitrogen and oxygen atoms in total. The summed E-state index contributed by atoms with van der Waals surface area (Å²) >= 11 is 0.204. The van der Waals surface area contributed by atoms with Crippen molar-refractivity contribution in [1.29, 1.82) is 0 Å². The Kier molecular flexibility index (Phi) is 5.70. The molecule has 12 heteroatoms. The number of rotatable bonds is 4. The number of nitrogens with one attached hydrogen (secondary N) is 1. The summed E-state index contributed by atoms with van der Waals surface area (Å²) < 4.78 is 96.1. The number of nitrogens with zero attached hydrogens (tertiary/aromatic N) is 1. The fraction of sp³-hybridized carbons (Fsp3) is 0.111. The van der Waals surface area contributed by atoms with Crippen LogP contribution in [0, 0.1) is 5.82 Å². The van der Waals surface area contributed by atoms with Gasteiger partial charge in [-0.2, -0.15) is 31.3 Å². The zero-order valence-electron chi connectivity index (χ0n) is 14.4. The molecule has 1 amide bonds. The van der Waals surface area contributed by atoms with E-state index in [9.17, 15) is 35.5 Å². The van der Waals surface area contributed by atoms with Crippen molar-refractivity contribution in [2.45, 2.75) is 12.4 Å². The summed E-state index contributed by atoms with van der Waals surface area (Å²) in [6.45, 7) is 0. The van der Waals surface area contributed by atoms with Crippen molar-refractivity contribution in [2.24, 2.45) is 0 Å². The molecular weight excluding hydrogens is 441 g/mol. The maximum atomic E-state index is 13.3. The van der Waals surface area contributed by atoms with Crippen molar-refractivity contribution in [3.63, 3.8) is 0 Å². The van der Waals surface area contributed by atoms with Gasteiger partial charge in [0.25, 0.3) is 11.1 Å². The highest BCUT2D eigenvalue weighted by Crippen LogP contribution is 2.39. The molecule has 1 heterocycles. The van der Waals surface area contributed by atoms with Gasteiger partial charge >= 0.3 is 12.4 Å². The average molecular weight is 450 g/mol. The van der Waals surface area contributed by atoms with Crippen LogP contribution in [0.15, 0.2) is 48.5 Å². The molecule has 0 unspecified atom stereocenters. The molecule has 0 aliphatic heterocycles. The van der Waals surface area contributed by atoms with Crippen molar-refractivity contribution < 1.29 is 40.3 Å². The number of alkyl halides is 6. The van der Waals surface area contributed by atoms with Gasteiger partial charge in [-0.15, -0.1) is 0 Å². The maximum Gasteiger partial charge on any atom is 0.435 e. The number of halogens is 7. The number of aromatic nitrogens is 1. The highest BCUT2D eigenvalue weighted by Gasteiger charge is 2.40. The van der Waals surface area contributed by atoms with Crippen molar-refractivity contribution in [1.82, 2.24) is 4.98 Å². The maximum absolute atomic E-state index is 13.3. The van der Waals surface area contributed by atoms with Crippen LogP contribution >= 0.6 is 11.3 Å². The molecule has 3 aromatic rings. The van der Waals surface area contributed by atoms with Crippen LogP contribution in [0.2, 0.25) is 0 Å². The van der Waals surface area contributed by atoms with E-state index in [1.807, 2.05) is 0 Å². The molecule has 0 aliphatic rings. The van der Waals surface area contributed by atoms with Crippen LogP contribution in [0.1, 0.15) is 20.9 Å². The van der Waals surface area contributed by atoms with Gasteiger partial charge in [0.1, 0.15) is 16.4 Å². The average Bonchev–Trinajstić information content (AvgIpc) is 3.07. The first-order valence-corrected chi connectivity index (χ1v) is 8.75. The SMILES string of the molecule is O=C(Nc1ccc(F)cc1)c1sc(Oc2cccc(C(F)(F)F)c2)nc1C(F)(F)F. The zero-order chi connectivity index (χ0) is 22.1. The topological polar surface area (TPSA) is 51.2 Å². The van der Waals surface area contributed by atoms with Crippen LogP contribution in [0.25, 0.3) is 0 Å². The first-order chi connectivity index (χ1) is 13.9. The van der Waals surface area contributed by atoms with Gasteiger partial charge in [-0.05, 0) is 42.5 Å². The van der Waals surface area contributed by atoms with E-state index >= 15 is 0 Å². The largest absolute Gasteiger partial charge is 0.435 e. The minimum absolute atomic E-state index is 0.0308. The molecular formula is C18H9F7N2O2S. The molecule has 0 fully saturated rings. The smallest absolute Gasteiger partial charge is 0.431 e. The minimum atomic E-state index is -5.03. The minimum Gasteiger partial charge on any atom is -0.431 e. The van der Waals surface area contributed by atoms with Gasteiger partial charge in [-0.3, -0.25) is 4.79 Å². The predicted molar refractivity (Wildman–Crippen MR) is 93.0 cm³/mol. The number of ether oxygens (including phenoxy) is 1. The van der Waals surface area contributed by atoms with Crippen molar-refractivity contribution in [2.75, 3.05) is 5.32 Å². The molecule has 1 aromatic heterocycles. The Balaban J connectivity index is 1.90. The lowest BCUT2D eigenvalue weighted by Crippen LogP contribution is -2.17. The summed E-state index contributed by atoms with van der Waals surface area (Å²) in [5, 5.41) is 1.49. The van der Waals surface area contributed by atoms with E-state index in [1.54, 1.807) is 0 Å². The van der Waals surface area contributed by atoms with Crippen LogP contribution in [0.4, 0.5) is 36.4 Å². The van der Waals surface area contributed by atoms with E-state index in [0.717, 1.165) is 42.5 Å². The summed E-state index contributed by atoms with van der Waals surface area (Å²) in [6.07, 6.45) is -9.71. The third-order valence-electron chi connectivity index (χ3n) is 3.55. The molecule has 2 aromatic carbocycles. The summed E-state index contributed by atoms with van der Waals surface area (Å²) in [7, 11) is 0. The fourth-order valence-electron chi connectivity index (χ4n) is 2.25. The summed E-state index contributed by atoms with van der Waals surface area (Å²) in [5.74, 6) is -2.21. The van der Waals surface area contributed by atoms with Gasteiger partial charge in [0.15, 0.2) is 5.69 Å². The number of amides is 1. The molecule has 0 atom stereocenters. The molecule has 158 valence electrons. The third-order valence-corrected chi connectivity index (χ3v) is 4.48. The standard InChI is InChI=1S/C18H9F7N2O2S/c19-10-4-6-11(7-5-10)26-15(28)13-14(18(23,24)25)27-16(30-13)29-12-3-1-2-9(8-12)17(20,21)22/h1-8H,(H,26,28). The van der Waals surface area contributed by atoms with E-state index in [4.69, 9.17) is 4.74 Å². The Morgan fingerprint density at radius 1 is 0.967 bits per heavy atom. The van der Waals surface area contributed by atoms with Gasteiger partial charge in [-0.1, -0.05) is 17.4 Å². The molecule has 30 heavy (non-hydrogen) atoms. The first kappa shape index (κ1) is 21.6. The molecule has 0 aliphatic carbocycles. The molecule has 0 bridgehead atoms. The lowest BCUT2D eigenvalue weighted by molar-refractivity contribution is -0.141. The quantitative estimate of drug-likeness (QED) is 0.471. The Labute approximate surface area is 167 Å². The van der Waals surface area contributed by atoms with Gasteiger partial charge in [0.05, 0.1) is 5.56 Å². The van der Waals surface area contributed by atoms with Gasteiger partial charge < -0.3 is 10.1 Å². The third kappa shape index (κ3) is 5.06. The zero-order valence-corrected chi connectivity index (χ0v) is 15.3. The van der Waals surface area contributed by atoms with Crippen molar-refractivity contribution in [3.8, 4) is 10.9 Å². The monoisotopic (exact) mass is 450 g/mol. The van der Waals surface area contributed by atoms with Gasteiger partial charge in [-0.25, -0.2) is 4.39 Å². The van der Waals surface area contributed by atoms with Crippen molar-refractivity contribution in [3.05, 3.63) is 70.5 Å². The highest BCUT2D eigenvalue weighted by molar-refractivity contribution is 7.15. The van der Waals surface area contributed by atoms with E-state index in [0.29, 0.717) is 6.07 Å². The van der Waals surface area contributed by atoms with E-state index in [1.165, 1.54) is 0 Å². The lowest BCUT2D eigenvalue weighted by Gasteiger charge is -2.08. The summed E-state index contributed by atoms with van der Waals surface area (Å²) in [4.78, 5) is 14.6. The molecule has 0 spiro atoms. The van der Waals surface area contributed by atoms with Crippen LogP contribution in [-0.2, 0) is 12.4 Å². The Bertz CT molecular complexity index is 1060. The number of benzene rings is 2. The van der Waals surface area contributed by atoms with E-state index in [2.05, 4.69) is 10.3 Å². The van der Waals surface area contributed by atoms with Crippen LogP contribution in [0.5, 0.6) is 10.9 Å². The number of hydrogen-bond acceptors (Lipinski definition) is 4. The number of carbonyl (C=O) groups is 1. The normalized spacial score (nSPS) is 12.0. The molecule has 0 radical (unpaired) electrons. The Morgan fingerprint density at radius 3 is 2.23 bits per heavy atom. The predicted octanol–water partition coefficient (Wildman–Crippen LogP) is 6.36. The molecule has 1 N–H and O–H groups in total. The first-order valence-electron chi connectivity index (χ1n) is 7.93. The summed E-state index contributed by atoms with van der Waals surface area (Å²) in [6, 6.07) is 7.73. The number of anilines is 1. The van der Waals surface area contributed by atoms with Crippen molar-refractivity contribution >= 4 is 22.9 Å². The number of thiazole rings is 1. The Hall–Kier alpha value is -3.15.